The van der Waals surface area contributed by atoms with E-state index in [9.17, 15) is 4.79 Å². The first-order chi connectivity index (χ1) is 23.5. The molecule has 5 heterocycles. The Balaban J connectivity index is 1.21. The Morgan fingerprint density at radius 1 is 0.625 bits per heavy atom. The first-order valence-corrected chi connectivity index (χ1v) is 15.2. The Kier molecular flexibility index (Phi) is 7.07. The quantitative estimate of drug-likeness (QED) is 0.188. The fourth-order valence-corrected chi connectivity index (χ4v) is 5.75. The number of nitrogen functional groups attached to an aromatic ring is 1. The summed E-state index contributed by atoms with van der Waals surface area (Å²) < 4.78 is 5.63. The number of anilines is 2. The molecule has 3 aromatic carbocycles. The van der Waals surface area contributed by atoms with Gasteiger partial charge in [-0.1, -0.05) is 36.4 Å². The molecular formula is C38H26N8O2. The molecular weight excluding hydrogens is 600 g/mol. The van der Waals surface area contributed by atoms with Crippen molar-refractivity contribution in [3.8, 4) is 56.4 Å². The van der Waals surface area contributed by atoms with Crippen molar-refractivity contribution in [3.63, 3.8) is 0 Å². The van der Waals surface area contributed by atoms with Crippen LogP contribution in [0.25, 0.3) is 78.2 Å². The van der Waals surface area contributed by atoms with Crippen molar-refractivity contribution >= 4 is 39.3 Å². The number of pyridine rings is 2. The summed E-state index contributed by atoms with van der Waals surface area (Å²) in [7, 11) is 0. The highest BCUT2D eigenvalue weighted by atomic mass is 16.3. The topological polar surface area (TPSA) is 146 Å². The molecule has 8 aromatic rings. The van der Waals surface area contributed by atoms with Crippen LogP contribution >= 0.6 is 0 Å². The number of fused-ring (bicyclic) bond motifs is 2. The van der Waals surface area contributed by atoms with Gasteiger partial charge in [-0.15, -0.1) is 0 Å². The molecule has 0 aliphatic rings. The van der Waals surface area contributed by atoms with Crippen molar-refractivity contribution in [1.29, 1.82) is 0 Å². The normalized spacial score (nSPS) is 11.2. The zero-order valence-corrected chi connectivity index (χ0v) is 25.6. The van der Waals surface area contributed by atoms with Crippen LogP contribution in [0.5, 0.6) is 0 Å². The Labute approximate surface area is 274 Å². The maximum Gasteiger partial charge on any atom is 0.222 e. The van der Waals surface area contributed by atoms with Crippen LogP contribution in [0.3, 0.4) is 0 Å². The van der Waals surface area contributed by atoms with E-state index in [2.05, 4.69) is 32.4 Å². The zero-order valence-electron chi connectivity index (χ0n) is 25.6. The van der Waals surface area contributed by atoms with Gasteiger partial charge in [0.05, 0.1) is 46.8 Å². The second kappa shape index (κ2) is 11.8. The number of carbonyl (C=O) groups excluding carboxylic acids is 1. The number of nitrogens with one attached hydrogen (secondary N) is 1. The first kappa shape index (κ1) is 28.6. The third-order valence-electron chi connectivity index (χ3n) is 7.92. The molecule has 0 bridgehead atoms. The lowest BCUT2D eigenvalue weighted by atomic mass is 9.98. The number of hydrogen-bond acceptors (Lipinski definition) is 9. The summed E-state index contributed by atoms with van der Waals surface area (Å²) >= 11 is 0. The number of hydrogen-bond donors (Lipinski definition) is 2. The lowest BCUT2D eigenvalue weighted by Crippen LogP contribution is -2.09. The molecule has 230 valence electrons. The lowest BCUT2D eigenvalue weighted by Gasteiger charge is -2.13. The highest BCUT2D eigenvalue weighted by Crippen LogP contribution is 2.35. The number of furan rings is 1. The number of rotatable bonds is 6. The third kappa shape index (κ3) is 5.47. The molecule has 0 atom stereocenters. The molecule has 0 radical (unpaired) electrons. The second-order valence-corrected chi connectivity index (χ2v) is 11.2. The minimum atomic E-state index is -0.226. The fraction of sp³-hybridized carbons (Fsp3) is 0.0263. The maximum atomic E-state index is 11.9. The van der Waals surface area contributed by atoms with Crippen molar-refractivity contribution < 1.29 is 9.21 Å². The number of benzene rings is 3. The van der Waals surface area contributed by atoms with Gasteiger partial charge in [0.15, 0.2) is 11.6 Å². The summed E-state index contributed by atoms with van der Waals surface area (Å²) in [6, 6.07) is 29.7. The molecule has 0 saturated heterocycles. The summed E-state index contributed by atoms with van der Waals surface area (Å²) in [6.45, 7) is 1.45. The largest absolute Gasteiger partial charge is 0.463 e. The molecule has 0 aliphatic heterocycles. The molecule has 8 rings (SSSR count). The number of amides is 1. The van der Waals surface area contributed by atoms with Crippen LogP contribution in [0.15, 0.2) is 126 Å². The minimum absolute atomic E-state index is 0.226. The summed E-state index contributed by atoms with van der Waals surface area (Å²) in [6.07, 6.45) is 8.34. The molecule has 10 nitrogen and oxygen atoms in total. The monoisotopic (exact) mass is 626 g/mol. The molecule has 5 aromatic heterocycles. The summed E-state index contributed by atoms with van der Waals surface area (Å²) in [4.78, 5) is 39.8. The predicted molar refractivity (Wildman–Crippen MR) is 186 cm³/mol. The average molecular weight is 627 g/mol. The molecule has 0 fully saturated rings. The Morgan fingerprint density at radius 2 is 1.35 bits per heavy atom. The van der Waals surface area contributed by atoms with Crippen LogP contribution < -0.4 is 11.1 Å². The van der Waals surface area contributed by atoms with Crippen LogP contribution in [-0.4, -0.2) is 35.8 Å². The number of nitrogens with two attached hydrogens (primary N) is 1. The van der Waals surface area contributed by atoms with Gasteiger partial charge in [0.1, 0.15) is 11.5 Å². The van der Waals surface area contributed by atoms with Crippen molar-refractivity contribution in [2.24, 2.45) is 0 Å². The van der Waals surface area contributed by atoms with E-state index < -0.39 is 0 Å². The molecule has 3 N–H and O–H groups in total. The van der Waals surface area contributed by atoms with Crippen LogP contribution in [-0.2, 0) is 4.79 Å². The second-order valence-electron chi connectivity index (χ2n) is 11.2. The summed E-state index contributed by atoms with van der Waals surface area (Å²) in [5.41, 5.74) is 14.7. The minimum Gasteiger partial charge on any atom is -0.463 e. The van der Waals surface area contributed by atoms with Gasteiger partial charge in [0.2, 0.25) is 5.91 Å². The highest BCUT2D eigenvalue weighted by Gasteiger charge is 2.17. The van der Waals surface area contributed by atoms with Crippen molar-refractivity contribution in [2.75, 3.05) is 11.1 Å². The Bertz CT molecular complexity index is 2490. The van der Waals surface area contributed by atoms with E-state index in [1.807, 2.05) is 79.0 Å². The van der Waals surface area contributed by atoms with Crippen LogP contribution in [0.2, 0.25) is 0 Å². The van der Waals surface area contributed by atoms with E-state index >= 15 is 0 Å². The SMILES string of the molecule is CC(=O)Nc1cnc(-c2ccc3ncccc3c2)c(-c2cccc(-c3cnc4ccc(-c5ncc(N)nc5-c5ccco5)cc4c3)c2)n1. The highest BCUT2D eigenvalue weighted by molar-refractivity contribution is 5.92. The zero-order chi connectivity index (χ0) is 32.6. The lowest BCUT2D eigenvalue weighted by molar-refractivity contribution is -0.114. The Morgan fingerprint density at radius 3 is 2.17 bits per heavy atom. The van der Waals surface area contributed by atoms with E-state index in [1.165, 1.54) is 6.92 Å². The molecule has 48 heavy (non-hydrogen) atoms. The summed E-state index contributed by atoms with van der Waals surface area (Å²) in [5.74, 6) is 1.03. The maximum absolute atomic E-state index is 11.9. The van der Waals surface area contributed by atoms with Gasteiger partial charge in [-0.2, -0.15) is 0 Å². The van der Waals surface area contributed by atoms with E-state index in [-0.39, 0.29) is 5.91 Å². The van der Waals surface area contributed by atoms with Gasteiger partial charge in [-0.05, 0) is 60.2 Å². The number of carbonyl (C=O) groups is 1. The fourth-order valence-electron chi connectivity index (χ4n) is 5.75. The van der Waals surface area contributed by atoms with E-state index in [0.29, 0.717) is 40.2 Å². The van der Waals surface area contributed by atoms with Crippen LogP contribution in [0.4, 0.5) is 11.6 Å². The average Bonchev–Trinajstić information content (AvgIpc) is 3.66. The molecule has 0 aliphatic carbocycles. The third-order valence-corrected chi connectivity index (χ3v) is 7.92. The first-order valence-electron chi connectivity index (χ1n) is 15.2. The Hall–Kier alpha value is -6.81. The number of nitrogens with zero attached hydrogens (tertiary/aromatic N) is 6. The van der Waals surface area contributed by atoms with Gasteiger partial charge in [0, 0.05) is 52.3 Å². The van der Waals surface area contributed by atoms with Crippen LogP contribution in [0.1, 0.15) is 6.92 Å². The molecule has 0 spiro atoms. The number of aromatic nitrogens is 6. The molecule has 10 heteroatoms. The van der Waals surface area contributed by atoms with Crippen molar-refractivity contribution in [2.45, 2.75) is 6.92 Å². The summed E-state index contributed by atoms with van der Waals surface area (Å²) in [5, 5.41) is 4.69. The standard InChI is InChI=1S/C38H26N8O2/c1-22(47)44-34-21-43-35(26-9-11-30-24(16-26)7-3-13-40-30)37(46-34)25-6-2-5-23(15-25)29-18-28-17-27(10-12-31(28)41-19-29)36-38(32-8-4-14-48-32)45-33(39)20-42-36/h2-21H,1H3,(H2,39,45)(H,44,46,47). The van der Waals surface area contributed by atoms with Crippen molar-refractivity contribution in [3.05, 3.63) is 122 Å². The molecule has 0 unspecified atom stereocenters. The van der Waals surface area contributed by atoms with Gasteiger partial charge < -0.3 is 15.5 Å². The van der Waals surface area contributed by atoms with Gasteiger partial charge >= 0.3 is 0 Å². The van der Waals surface area contributed by atoms with Gasteiger partial charge in [-0.3, -0.25) is 19.7 Å². The van der Waals surface area contributed by atoms with Crippen molar-refractivity contribution in [1.82, 2.24) is 29.9 Å². The smallest absolute Gasteiger partial charge is 0.222 e. The van der Waals surface area contributed by atoms with E-state index in [4.69, 9.17) is 25.1 Å². The molecule has 0 saturated carbocycles. The van der Waals surface area contributed by atoms with Gasteiger partial charge in [0.25, 0.3) is 0 Å². The van der Waals surface area contributed by atoms with Gasteiger partial charge in [-0.25, -0.2) is 15.0 Å². The predicted octanol–water partition coefficient (Wildman–Crippen LogP) is 7.83. The molecule has 1 amide bonds. The van der Waals surface area contributed by atoms with E-state index in [0.717, 1.165) is 49.6 Å². The van der Waals surface area contributed by atoms with Crippen LogP contribution in [0, 0.1) is 0 Å². The van der Waals surface area contributed by atoms with E-state index in [1.54, 1.807) is 30.9 Å².